The van der Waals surface area contributed by atoms with Crippen LogP contribution in [0.1, 0.15) is 25.0 Å². The average Bonchev–Trinajstić information content (AvgIpc) is 2.73. The van der Waals surface area contributed by atoms with Crippen molar-refractivity contribution in [1.82, 2.24) is 0 Å². The number of benzene rings is 3. The Bertz CT molecular complexity index is 882. The first-order valence-corrected chi connectivity index (χ1v) is 9.41. The molecule has 0 aliphatic heterocycles. The highest BCUT2D eigenvalue weighted by Crippen LogP contribution is 2.25. The summed E-state index contributed by atoms with van der Waals surface area (Å²) in [6.07, 6.45) is 8.19. The number of hydrogen-bond donors (Lipinski definition) is 0. The maximum Gasteiger partial charge on any atom is 0.0721 e. The Labute approximate surface area is 162 Å². The van der Waals surface area contributed by atoms with E-state index >= 15 is 0 Å². The molecule has 3 aromatic carbocycles. The Balaban J connectivity index is 1.67. The molecule has 0 saturated carbocycles. The fourth-order valence-corrected chi connectivity index (χ4v) is 2.97. The number of allylic oxidation sites excluding steroid dienone is 2. The molecule has 0 bridgehead atoms. The SMILES string of the molecule is C/C=C\c1ccc(-c2ccc(-c3ccc(COC/C=C/C)cc3)cc2)cc1. The molecule has 27 heavy (non-hydrogen) atoms. The van der Waals surface area contributed by atoms with Crippen molar-refractivity contribution in [1.29, 1.82) is 0 Å². The molecule has 0 atom stereocenters. The van der Waals surface area contributed by atoms with Crippen LogP contribution in [-0.2, 0) is 11.3 Å². The topological polar surface area (TPSA) is 9.23 Å². The van der Waals surface area contributed by atoms with Crippen molar-refractivity contribution in [3.8, 4) is 22.3 Å². The maximum absolute atomic E-state index is 5.60. The van der Waals surface area contributed by atoms with Gasteiger partial charge in [-0.15, -0.1) is 0 Å². The van der Waals surface area contributed by atoms with Crippen molar-refractivity contribution in [2.24, 2.45) is 0 Å². The fourth-order valence-electron chi connectivity index (χ4n) is 2.97. The standard InChI is InChI=1S/C26H26O/c1-3-5-19-27-20-22-9-13-24(14-10-22)26-17-15-25(16-18-26)23-11-7-21(6-4-2)8-12-23/h3-18H,19-20H2,1-2H3/b5-3+,6-4-. The van der Waals surface area contributed by atoms with Crippen molar-refractivity contribution in [3.63, 3.8) is 0 Å². The van der Waals surface area contributed by atoms with E-state index in [4.69, 9.17) is 4.74 Å². The van der Waals surface area contributed by atoms with Crippen LogP contribution in [0.5, 0.6) is 0 Å². The summed E-state index contributed by atoms with van der Waals surface area (Å²) in [7, 11) is 0. The molecule has 0 fully saturated rings. The monoisotopic (exact) mass is 354 g/mol. The predicted octanol–water partition coefficient (Wildman–Crippen LogP) is 7.15. The van der Waals surface area contributed by atoms with Crippen molar-refractivity contribution in [2.75, 3.05) is 6.61 Å². The number of hydrogen-bond acceptors (Lipinski definition) is 1. The molecule has 1 heteroatoms. The van der Waals surface area contributed by atoms with Crippen LogP contribution in [0.15, 0.2) is 91.0 Å². The highest BCUT2D eigenvalue weighted by molar-refractivity contribution is 5.71. The lowest BCUT2D eigenvalue weighted by molar-refractivity contribution is 0.148. The second kappa shape index (κ2) is 9.70. The Morgan fingerprint density at radius 2 is 1.11 bits per heavy atom. The quantitative estimate of drug-likeness (QED) is 0.323. The minimum Gasteiger partial charge on any atom is -0.373 e. The Morgan fingerprint density at radius 3 is 1.59 bits per heavy atom. The van der Waals surface area contributed by atoms with Crippen LogP contribution in [0.4, 0.5) is 0 Å². The van der Waals surface area contributed by atoms with Gasteiger partial charge in [0.2, 0.25) is 0 Å². The third-order valence-corrected chi connectivity index (χ3v) is 4.49. The molecule has 0 aromatic heterocycles. The van der Waals surface area contributed by atoms with Gasteiger partial charge in [0.15, 0.2) is 0 Å². The van der Waals surface area contributed by atoms with E-state index in [2.05, 4.69) is 84.9 Å². The Hall–Kier alpha value is -2.90. The second-order valence-corrected chi connectivity index (χ2v) is 6.48. The van der Waals surface area contributed by atoms with Crippen LogP contribution >= 0.6 is 0 Å². The van der Waals surface area contributed by atoms with Gasteiger partial charge in [-0.1, -0.05) is 97.1 Å². The molecule has 0 saturated heterocycles. The minimum atomic E-state index is 0.646. The zero-order valence-corrected chi connectivity index (χ0v) is 16.1. The highest BCUT2D eigenvalue weighted by Gasteiger charge is 2.01. The zero-order valence-electron chi connectivity index (χ0n) is 16.1. The first-order chi connectivity index (χ1) is 13.3. The molecule has 0 spiro atoms. The third kappa shape index (κ3) is 5.29. The lowest BCUT2D eigenvalue weighted by atomic mass is 9.99. The summed E-state index contributed by atoms with van der Waals surface area (Å²) in [5.74, 6) is 0. The number of ether oxygens (including phenoxy) is 1. The minimum absolute atomic E-state index is 0.646. The molecule has 0 amide bonds. The van der Waals surface area contributed by atoms with E-state index < -0.39 is 0 Å². The molecule has 136 valence electrons. The van der Waals surface area contributed by atoms with Gasteiger partial charge in [-0.25, -0.2) is 0 Å². The largest absolute Gasteiger partial charge is 0.373 e. The van der Waals surface area contributed by atoms with Crippen molar-refractivity contribution in [3.05, 3.63) is 102 Å². The van der Waals surface area contributed by atoms with Gasteiger partial charge >= 0.3 is 0 Å². The van der Waals surface area contributed by atoms with Crippen LogP contribution in [-0.4, -0.2) is 6.61 Å². The zero-order chi connectivity index (χ0) is 18.9. The van der Waals surface area contributed by atoms with Gasteiger partial charge in [0.05, 0.1) is 13.2 Å². The van der Waals surface area contributed by atoms with Crippen molar-refractivity contribution < 1.29 is 4.74 Å². The molecular formula is C26H26O. The second-order valence-electron chi connectivity index (χ2n) is 6.48. The molecule has 0 aliphatic carbocycles. The summed E-state index contributed by atoms with van der Waals surface area (Å²) >= 11 is 0. The first-order valence-electron chi connectivity index (χ1n) is 9.41. The van der Waals surface area contributed by atoms with Gasteiger partial charge in [-0.2, -0.15) is 0 Å². The summed E-state index contributed by atoms with van der Waals surface area (Å²) in [4.78, 5) is 0. The van der Waals surface area contributed by atoms with E-state index in [9.17, 15) is 0 Å². The molecule has 0 aliphatic rings. The first kappa shape index (κ1) is 18.9. The molecule has 0 unspecified atom stereocenters. The van der Waals surface area contributed by atoms with Crippen LogP contribution in [0.2, 0.25) is 0 Å². The Morgan fingerprint density at radius 1 is 0.630 bits per heavy atom. The molecular weight excluding hydrogens is 328 g/mol. The maximum atomic E-state index is 5.60. The highest BCUT2D eigenvalue weighted by atomic mass is 16.5. The van der Waals surface area contributed by atoms with Gasteiger partial charge in [-0.05, 0) is 47.2 Å². The molecule has 0 heterocycles. The normalized spacial score (nSPS) is 11.5. The van der Waals surface area contributed by atoms with Gasteiger partial charge < -0.3 is 4.74 Å². The van der Waals surface area contributed by atoms with Gasteiger partial charge in [0.25, 0.3) is 0 Å². The van der Waals surface area contributed by atoms with E-state index in [1.807, 2.05) is 26.0 Å². The van der Waals surface area contributed by atoms with Crippen molar-refractivity contribution in [2.45, 2.75) is 20.5 Å². The van der Waals surface area contributed by atoms with Crippen LogP contribution in [0.25, 0.3) is 28.3 Å². The molecule has 0 radical (unpaired) electrons. The smallest absolute Gasteiger partial charge is 0.0721 e. The molecule has 3 aromatic rings. The summed E-state index contributed by atoms with van der Waals surface area (Å²) in [6, 6.07) is 26.0. The summed E-state index contributed by atoms with van der Waals surface area (Å²) in [6.45, 7) is 5.35. The van der Waals surface area contributed by atoms with Crippen LogP contribution in [0.3, 0.4) is 0 Å². The summed E-state index contributed by atoms with van der Waals surface area (Å²) in [5.41, 5.74) is 7.35. The van der Waals surface area contributed by atoms with Crippen molar-refractivity contribution >= 4 is 6.08 Å². The Kier molecular flexibility index (Phi) is 6.78. The van der Waals surface area contributed by atoms with Gasteiger partial charge in [0, 0.05) is 0 Å². The van der Waals surface area contributed by atoms with Crippen LogP contribution < -0.4 is 0 Å². The lowest BCUT2D eigenvalue weighted by Crippen LogP contribution is -1.92. The summed E-state index contributed by atoms with van der Waals surface area (Å²) < 4.78 is 5.60. The predicted molar refractivity (Wildman–Crippen MR) is 116 cm³/mol. The fraction of sp³-hybridized carbons (Fsp3) is 0.154. The van der Waals surface area contributed by atoms with Gasteiger partial charge in [-0.3, -0.25) is 0 Å². The molecule has 0 N–H and O–H groups in total. The average molecular weight is 354 g/mol. The van der Waals surface area contributed by atoms with Gasteiger partial charge in [0.1, 0.15) is 0 Å². The van der Waals surface area contributed by atoms with E-state index in [0.29, 0.717) is 13.2 Å². The van der Waals surface area contributed by atoms with Crippen LogP contribution in [0, 0.1) is 0 Å². The molecule has 1 nitrogen and oxygen atoms in total. The summed E-state index contributed by atoms with van der Waals surface area (Å²) in [5, 5.41) is 0. The number of rotatable bonds is 7. The third-order valence-electron chi connectivity index (χ3n) is 4.49. The lowest BCUT2D eigenvalue weighted by Gasteiger charge is -2.07. The van der Waals surface area contributed by atoms with E-state index in [0.717, 1.165) is 0 Å². The van der Waals surface area contributed by atoms with E-state index in [1.165, 1.54) is 33.4 Å². The van der Waals surface area contributed by atoms with E-state index in [-0.39, 0.29) is 0 Å². The molecule has 3 rings (SSSR count). The van der Waals surface area contributed by atoms with E-state index in [1.54, 1.807) is 0 Å².